The Morgan fingerprint density at radius 2 is 2.07 bits per heavy atom. The fourth-order valence-electron chi connectivity index (χ4n) is 4.65. The van der Waals surface area contributed by atoms with Crippen LogP contribution in [0.25, 0.3) is 0 Å². The van der Waals surface area contributed by atoms with Crippen LogP contribution in [0.5, 0.6) is 0 Å². The third-order valence-corrected chi connectivity index (χ3v) is 7.69. The lowest BCUT2D eigenvalue weighted by atomic mass is 10.1. The maximum absolute atomic E-state index is 13.0. The van der Waals surface area contributed by atoms with Crippen LogP contribution < -0.4 is 15.1 Å². The highest BCUT2D eigenvalue weighted by atomic mass is 32.1. The van der Waals surface area contributed by atoms with Gasteiger partial charge in [-0.25, -0.2) is 0 Å². The molecule has 1 amide bonds. The molecule has 4 rings (SSSR count). The van der Waals surface area contributed by atoms with Crippen LogP contribution in [0.1, 0.15) is 53.6 Å². The van der Waals surface area contributed by atoms with Gasteiger partial charge in [-0.3, -0.25) is 4.79 Å². The van der Waals surface area contributed by atoms with Gasteiger partial charge in [-0.15, -0.1) is 11.3 Å². The molecule has 3 heterocycles. The summed E-state index contributed by atoms with van der Waals surface area (Å²) in [6.45, 7) is 8.71. The first kappa shape index (κ1) is 21.0. The highest BCUT2D eigenvalue weighted by molar-refractivity contribution is 7.16. The molecule has 1 saturated heterocycles. The number of carbonyl (C=O) groups is 1. The van der Waals surface area contributed by atoms with Gasteiger partial charge in [0.2, 0.25) is 0 Å². The number of nitriles is 1. The first-order valence-corrected chi connectivity index (χ1v) is 11.8. The average Bonchev–Trinajstić information content (AvgIpc) is 3.21. The van der Waals surface area contributed by atoms with Crippen LogP contribution in [0.15, 0.2) is 10.6 Å². The number of hydrogen-bond acceptors (Lipinski definition) is 5. The molecule has 2 aromatic rings. The molecule has 0 aromatic carbocycles. The van der Waals surface area contributed by atoms with E-state index < -0.39 is 0 Å². The van der Waals surface area contributed by atoms with Crippen LogP contribution in [-0.2, 0) is 24.2 Å². The molecule has 7 nitrogen and oxygen atoms in total. The Kier molecular flexibility index (Phi) is 6.52. The molecule has 0 bridgehead atoms. The first-order chi connectivity index (χ1) is 14.5. The summed E-state index contributed by atoms with van der Waals surface area (Å²) in [6.07, 6.45) is 5.51. The second kappa shape index (κ2) is 9.29. The van der Waals surface area contributed by atoms with Crippen molar-refractivity contribution in [1.82, 2.24) is 5.16 Å². The predicted octanol–water partition coefficient (Wildman–Crippen LogP) is 0.496. The monoisotopic (exact) mass is 429 g/mol. The molecule has 1 atom stereocenters. The lowest BCUT2D eigenvalue weighted by Gasteiger charge is -2.32. The Morgan fingerprint density at radius 1 is 1.30 bits per heavy atom. The number of carbonyl (C=O) groups excluding carboxylic acids is 1. The fourth-order valence-corrected chi connectivity index (χ4v) is 5.89. The van der Waals surface area contributed by atoms with Gasteiger partial charge in [0, 0.05) is 10.9 Å². The van der Waals surface area contributed by atoms with Gasteiger partial charge in [0.15, 0.2) is 6.04 Å². The summed E-state index contributed by atoms with van der Waals surface area (Å²) in [6, 6.07) is 4.23. The second-order valence-electron chi connectivity index (χ2n) is 8.61. The standard InChI is InChI=1S/C22H29N5O2S/c1-15-12-17(25-29-15)14-26-8-10-27(11-9-26)16(2)21(28)24-22-19(13-23)18-6-4-3-5-7-20(18)30-22/h12,16H,3-11,14H2,1-2H3,(H,24,28)/p+2/t16-/m1/s1. The maximum Gasteiger partial charge on any atom is 0.283 e. The summed E-state index contributed by atoms with van der Waals surface area (Å²) in [4.78, 5) is 17.1. The van der Waals surface area contributed by atoms with Crippen molar-refractivity contribution in [1.29, 1.82) is 5.26 Å². The molecule has 1 aliphatic carbocycles. The molecular weight excluding hydrogens is 398 g/mol. The zero-order chi connectivity index (χ0) is 21.1. The molecular formula is C22H31N5O2S+2. The summed E-state index contributed by atoms with van der Waals surface area (Å²) in [7, 11) is 0. The van der Waals surface area contributed by atoms with Gasteiger partial charge in [-0.05, 0) is 45.1 Å². The van der Waals surface area contributed by atoms with Gasteiger partial charge in [0.25, 0.3) is 5.91 Å². The second-order valence-corrected chi connectivity index (χ2v) is 9.71. The largest absolute Gasteiger partial charge is 0.361 e. The van der Waals surface area contributed by atoms with Crippen molar-refractivity contribution < 1.29 is 19.1 Å². The molecule has 0 saturated carbocycles. The lowest BCUT2D eigenvalue weighted by molar-refractivity contribution is -1.02. The number of aryl methyl sites for hydroxylation is 2. The van der Waals surface area contributed by atoms with E-state index in [-0.39, 0.29) is 11.9 Å². The predicted molar refractivity (Wildman–Crippen MR) is 115 cm³/mol. The highest BCUT2D eigenvalue weighted by Gasteiger charge is 2.32. The number of anilines is 1. The molecule has 2 aromatic heterocycles. The number of nitrogens with zero attached hydrogens (tertiary/aromatic N) is 2. The third-order valence-electron chi connectivity index (χ3n) is 6.48. The van der Waals surface area contributed by atoms with E-state index in [1.54, 1.807) is 11.3 Å². The fraction of sp³-hybridized carbons (Fsp3) is 0.591. The van der Waals surface area contributed by atoms with Crippen LogP contribution >= 0.6 is 11.3 Å². The van der Waals surface area contributed by atoms with Gasteiger partial charge in [-0.2, -0.15) is 5.26 Å². The van der Waals surface area contributed by atoms with E-state index in [0.717, 1.165) is 68.4 Å². The van der Waals surface area contributed by atoms with Crippen molar-refractivity contribution in [2.45, 2.75) is 58.5 Å². The molecule has 3 N–H and O–H groups in total. The van der Waals surface area contributed by atoms with Crippen molar-refractivity contribution >= 4 is 22.2 Å². The molecule has 1 fully saturated rings. The number of amides is 1. The van der Waals surface area contributed by atoms with Gasteiger partial charge < -0.3 is 19.6 Å². The Morgan fingerprint density at radius 3 is 2.77 bits per heavy atom. The minimum absolute atomic E-state index is 0.0217. The smallest absolute Gasteiger partial charge is 0.283 e. The van der Waals surface area contributed by atoms with E-state index in [0.29, 0.717) is 5.56 Å². The quantitative estimate of drug-likeness (QED) is 0.604. The van der Waals surface area contributed by atoms with Crippen LogP contribution in [0.3, 0.4) is 0 Å². The summed E-state index contributed by atoms with van der Waals surface area (Å²) in [5, 5.41) is 17.6. The SMILES string of the molecule is Cc1cc(C[NH+]2CC[NH+]([C@H](C)C(=O)Nc3sc4c(c3C#N)CCCCC4)CC2)no1. The van der Waals surface area contributed by atoms with E-state index in [9.17, 15) is 10.1 Å². The average molecular weight is 430 g/mol. The van der Waals surface area contributed by atoms with Crippen LogP contribution in [0, 0.1) is 18.3 Å². The van der Waals surface area contributed by atoms with E-state index >= 15 is 0 Å². The van der Waals surface area contributed by atoms with Crippen molar-refractivity contribution in [2.24, 2.45) is 0 Å². The minimum Gasteiger partial charge on any atom is -0.361 e. The molecule has 30 heavy (non-hydrogen) atoms. The highest BCUT2D eigenvalue weighted by Crippen LogP contribution is 2.36. The van der Waals surface area contributed by atoms with Crippen LogP contribution in [0.2, 0.25) is 0 Å². The van der Waals surface area contributed by atoms with Gasteiger partial charge in [-0.1, -0.05) is 11.6 Å². The molecule has 0 spiro atoms. The molecule has 1 aliphatic heterocycles. The summed E-state index contributed by atoms with van der Waals surface area (Å²) >= 11 is 1.61. The summed E-state index contributed by atoms with van der Waals surface area (Å²) < 4.78 is 5.17. The number of thiophene rings is 1. The zero-order valence-electron chi connectivity index (χ0n) is 17.8. The van der Waals surface area contributed by atoms with E-state index in [1.165, 1.54) is 33.1 Å². The van der Waals surface area contributed by atoms with Crippen LogP contribution in [0.4, 0.5) is 5.00 Å². The molecule has 8 heteroatoms. The van der Waals surface area contributed by atoms with Gasteiger partial charge in [0.05, 0.1) is 5.56 Å². The Bertz CT molecular complexity index is 936. The Hall–Kier alpha value is -2.21. The molecule has 160 valence electrons. The van der Waals surface area contributed by atoms with Crippen molar-refractivity contribution in [3.05, 3.63) is 33.5 Å². The van der Waals surface area contributed by atoms with Gasteiger partial charge in [0.1, 0.15) is 55.2 Å². The number of nitrogens with one attached hydrogen (secondary N) is 3. The number of fused-ring (bicyclic) bond motifs is 1. The Balaban J connectivity index is 1.34. The van der Waals surface area contributed by atoms with Crippen molar-refractivity contribution in [3.63, 3.8) is 0 Å². The third kappa shape index (κ3) is 4.59. The maximum atomic E-state index is 13.0. The number of quaternary nitrogens is 2. The number of piperazine rings is 1. The number of aromatic nitrogens is 1. The summed E-state index contributed by atoms with van der Waals surface area (Å²) in [5.41, 5.74) is 2.87. The molecule has 0 radical (unpaired) electrons. The van der Waals surface area contributed by atoms with Gasteiger partial charge >= 0.3 is 0 Å². The molecule has 2 aliphatic rings. The minimum atomic E-state index is -0.130. The van der Waals surface area contributed by atoms with E-state index in [2.05, 4.69) is 16.5 Å². The van der Waals surface area contributed by atoms with E-state index in [1.807, 2.05) is 19.9 Å². The van der Waals surface area contributed by atoms with E-state index in [4.69, 9.17) is 4.52 Å². The lowest BCUT2D eigenvalue weighted by Crippen LogP contribution is -3.29. The number of hydrogen-bond donors (Lipinski definition) is 3. The van der Waals surface area contributed by atoms with Crippen molar-refractivity contribution in [2.75, 3.05) is 31.5 Å². The van der Waals surface area contributed by atoms with Crippen molar-refractivity contribution in [3.8, 4) is 6.07 Å². The zero-order valence-corrected chi connectivity index (χ0v) is 18.7. The van der Waals surface area contributed by atoms with Crippen LogP contribution in [-0.4, -0.2) is 43.3 Å². The number of rotatable bonds is 5. The summed E-state index contributed by atoms with van der Waals surface area (Å²) in [5.74, 6) is 0.870. The topological polar surface area (TPSA) is 87.8 Å². The molecule has 0 unspecified atom stereocenters. The first-order valence-electron chi connectivity index (χ1n) is 11.0. The normalized spacial score (nSPS) is 22.6. The Labute approximate surface area is 181 Å².